The maximum absolute atomic E-state index is 12.5. The summed E-state index contributed by atoms with van der Waals surface area (Å²) >= 11 is 1.92. The van der Waals surface area contributed by atoms with E-state index in [4.69, 9.17) is 0 Å². The second-order valence-corrected chi connectivity index (χ2v) is 6.29. The third-order valence-electron chi connectivity index (χ3n) is 4.07. The Kier molecular flexibility index (Phi) is 3.24. The van der Waals surface area contributed by atoms with Crippen LogP contribution in [0.2, 0.25) is 0 Å². The fraction of sp³-hybridized carbons (Fsp3) is 0.533. The van der Waals surface area contributed by atoms with Crippen LogP contribution in [0.1, 0.15) is 47.5 Å². The van der Waals surface area contributed by atoms with Crippen molar-refractivity contribution in [1.29, 1.82) is 0 Å². The molecule has 0 amide bonds. The van der Waals surface area contributed by atoms with E-state index in [2.05, 4.69) is 12.1 Å². The van der Waals surface area contributed by atoms with Crippen LogP contribution in [-0.2, 0) is 0 Å². The molecule has 0 aromatic heterocycles. The Morgan fingerprint density at radius 2 is 2.00 bits per heavy atom. The molecule has 1 aliphatic carbocycles. The third-order valence-corrected chi connectivity index (χ3v) is 5.23. The van der Waals surface area contributed by atoms with E-state index in [0.717, 1.165) is 23.5 Å². The molecule has 1 atom stereocenters. The van der Waals surface area contributed by atoms with Crippen LogP contribution < -0.4 is 0 Å². The highest BCUT2D eigenvalue weighted by molar-refractivity contribution is 7.99. The smallest absolute Gasteiger partial charge is 0.167 e. The zero-order valence-electron chi connectivity index (χ0n) is 10.0. The minimum atomic E-state index is 0.279. The first-order valence-electron chi connectivity index (χ1n) is 6.57. The number of hydrogen-bond donors (Lipinski definition) is 0. The number of thioether (sulfide) groups is 1. The first-order valence-corrected chi connectivity index (χ1v) is 7.72. The molecule has 1 heterocycles. The van der Waals surface area contributed by atoms with Crippen molar-refractivity contribution in [2.45, 2.75) is 31.6 Å². The molecule has 1 saturated heterocycles. The summed E-state index contributed by atoms with van der Waals surface area (Å²) in [6, 6.07) is 8.30. The predicted octanol–water partition coefficient (Wildman–Crippen LogP) is 3.89. The van der Waals surface area contributed by atoms with Gasteiger partial charge in [0.15, 0.2) is 5.78 Å². The predicted molar refractivity (Wildman–Crippen MR) is 72.8 cm³/mol. The van der Waals surface area contributed by atoms with E-state index >= 15 is 0 Å². The molecule has 0 N–H and O–H groups in total. The zero-order chi connectivity index (χ0) is 11.7. The largest absolute Gasteiger partial charge is 0.294 e. The standard InChI is InChI=1S/C15H18OS/c16-15(12-8-9-17-10-12)14-7-2-1-6-13(14)11-4-3-5-11/h1-2,6-7,11-12H,3-5,8-10H2. The normalized spacial score (nSPS) is 24.6. The Labute approximate surface area is 107 Å². The lowest BCUT2D eigenvalue weighted by Gasteiger charge is -2.28. The lowest BCUT2D eigenvalue weighted by molar-refractivity contribution is 0.0931. The molecule has 3 rings (SSSR count). The number of hydrogen-bond acceptors (Lipinski definition) is 2. The third kappa shape index (κ3) is 2.15. The van der Waals surface area contributed by atoms with Crippen LogP contribution in [0, 0.1) is 5.92 Å². The number of rotatable bonds is 3. The topological polar surface area (TPSA) is 17.1 Å². The van der Waals surface area contributed by atoms with E-state index in [1.165, 1.54) is 24.8 Å². The Morgan fingerprint density at radius 1 is 1.18 bits per heavy atom. The minimum Gasteiger partial charge on any atom is -0.294 e. The van der Waals surface area contributed by atoms with Gasteiger partial charge in [-0.3, -0.25) is 4.79 Å². The molecule has 1 nitrogen and oxygen atoms in total. The van der Waals surface area contributed by atoms with Crippen molar-refractivity contribution in [3.05, 3.63) is 35.4 Å². The number of Topliss-reactive ketones (excluding diaryl/α,β-unsaturated/α-hetero) is 1. The fourth-order valence-corrected chi connectivity index (χ4v) is 3.98. The molecule has 2 fully saturated rings. The summed E-state index contributed by atoms with van der Waals surface area (Å²) in [6.07, 6.45) is 4.93. The van der Waals surface area contributed by atoms with E-state index in [0.29, 0.717) is 11.7 Å². The van der Waals surface area contributed by atoms with Gasteiger partial charge < -0.3 is 0 Å². The van der Waals surface area contributed by atoms with Crippen LogP contribution in [0.3, 0.4) is 0 Å². The monoisotopic (exact) mass is 246 g/mol. The van der Waals surface area contributed by atoms with Gasteiger partial charge in [0.1, 0.15) is 0 Å². The lowest BCUT2D eigenvalue weighted by atomic mass is 9.76. The lowest BCUT2D eigenvalue weighted by Crippen LogP contribution is -2.19. The maximum atomic E-state index is 12.5. The molecule has 0 radical (unpaired) electrons. The van der Waals surface area contributed by atoms with Gasteiger partial charge >= 0.3 is 0 Å². The Bertz CT molecular complexity index is 417. The highest BCUT2D eigenvalue weighted by Gasteiger charge is 2.29. The summed E-state index contributed by atoms with van der Waals surface area (Å²) in [6.45, 7) is 0. The van der Waals surface area contributed by atoms with Gasteiger partial charge in [0.05, 0.1) is 0 Å². The second-order valence-electron chi connectivity index (χ2n) is 5.14. The minimum absolute atomic E-state index is 0.279. The van der Waals surface area contributed by atoms with Crippen molar-refractivity contribution in [3.63, 3.8) is 0 Å². The molecular formula is C15H18OS. The highest BCUT2D eigenvalue weighted by atomic mass is 32.2. The molecule has 17 heavy (non-hydrogen) atoms. The van der Waals surface area contributed by atoms with Gasteiger partial charge in [0, 0.05) is 17.2 Å². The summed E-state index contributed by atoms with van der Waals surface area (Å²) in [5.74, 6) is 3.52. The summed E-state index contributed by atoms with van der Waals surface area (Å²) < 4.78 is 0. The van der Waals surface area contributed by atoms with Gasteiger partial charge in [-0.15, -0.1) is 0 Å². The molecule has 2 aliphatic rings. The van der Waals surface area contributed by atoms with Gasteiger partial charge in [-0.2, -0.15) is 11.8 Å². The summed E-state index contributed by atoms with van der Waals surface area (Å²) in [7, 11) is 0. The Balaban J connectivity index is 1.87. The fourth-order valence-electron chi connectivity index (χ4n) is 2.76. The first-order chi connectivity index (χ1) is 8.36. The number of carbonyl (C=O) groups is 1. The van der Waals surface area contributed by atoms with E-state index in [9.17, 15) is 4.79 Å². The van der Waals surface area contributed by atoms with Gasteiger partial charge in [-0.05, 0) is 36.5 Å². The van der Waals surface area contributed by atoms with Gasteiger partial charge in [-0.1, -0.05) is 30.7 Å². The maximum Gasteiger partial charge on any atom is 0.167 e. The number of carbonyl (C=O) groups excluding carboxylic acids is 1. The highest BCUT2D eigenvalue weighted by Crippen LogP contribution is 2.39. The van der Waals surface area contributed by atoms with Crippen LogP contribution in [0.4, 0.5) is 0 Å². The molecule has 1 aliphatic heterocycles. The van der Waals surface area contributed by atoms with Gasteiger partial charge in [0.25, 0.3) is 0 Å². The van der Waals surface area contributed by atoms with Crippen LogP contribution in [-0.4, -0.2) is 17.3 Å². The van der Waals surface area contributed by atoms with Crippen molar-refractivity contribution < 1.29 is 4.79 Å². The van der Waals surface area contributed by atoms with E-state index < -0.39 is 0 Å². The van der Waals surface area contributed by atoms with Crippen molar-refractivity contribution >= 4 is 17.5 Å². The first kappa shape index (κ1) is 11.3. The SMILES string of the molecule is O=C(c1ccccc1C1CCC1)C1CCSC1. The quantitative estimate of drug-likeness (QED) is 0.753. The molecule has 1 aromatic carbocycles. The molecular weight excluding hydrogens is 228 g/mol. The number of benzene rings is 1. The molecule has 1 unspecified atom stereocenters. The average molecular weight is 246 g/mol. The van der Waals surface area contributed by atoms with E-state index in [-0.39, 0.29) is 5.92 Å². The second kappa shape index (κ2) is 4.85. The van der Waals surface area contributed by atoms with E-state index in [1.807, 2.05) is 23.9 Å². The summed E-state index contributed by atoms with van der Waals surface area (Å²) in [4.78, 5) is 12.5. The van der Waals surface area contributed by atoms with Crippen LogP contribution in [0.25, 0.3) is 0 Å². The average Bonchev–Trinajstić information content (AvgIpc) is 2.80. The van der Waals surface area contributed by atoms with Crippen molar-refractivity contribution in [2.24, 2.45) is 5.92 Å². The molecule has 0 bridgehead atoms. The van der Waals surface area contributed by atoms with Crippen LogP contribution in [0.5, 0.6) is 0 Å². The van der Waals surface area contributed by atoms with Crippen LogP contribution >= 0.6 is 11.8 Å². The molecule has 1 aromatic rings. The molecule has 1 saturated carbocycles. The molecule has 90 valence electrons. The Morgan fingerprint density at radius 3 is 2.65 bits per heavy atom. The summed E-state index contributed by atoms with van der Waals surface area (Å²) in [5, 5.41) is 0. The van der Waals surface area contributed by atoms with Gasteiger partial charge in [-0.25, -0.2) is 0 Å². The molecule has 0 spiro atoms. The zero-order valence-corrected chi connectivity index (χ0v) is 10.8. The van der Waals surface area contributed by atoms with Crippen molar-refractivity contribution in [3.8, 4) is 0 Å². The Hall–Kier alpha value is -0.760. The molecule has 2 heteroatoms. The van der Waals surface area contributed by atoms with E-state index in [1.54, 1.807) is 0 Å². The summed E-state index contributed by atoms with van der Waals surface area (Å²) in [5.41, 5.74) is 2.34. The number of ketones is 1. The van der Waals surface area contributed by atoms with Gasteiger partial charge in [0.2, 0.25) is 0 Å². The van der Waals surface area contributed by atoms with Crippen molar-refractivity contribution in [1.82, 2.24) is 0 Å². The van der Waals surface area contributed by atoms with Crippen LogP contribution in [0.15, 0.2) is 24.3 Å². The van der Waals surface area contributed by atoms with Crippen molar-refractivity contribution in [2.75, 3.05) is 11.5 Å².